The molecule has 1 aromatic carbocycles. The molecule has 3 saturated heterocycles. The van der Waals surface area contributed by atoms with Crippen molar-refractivity contribution in [3.63, 3.8) is 0 Å². The molecule has 3 aliphatic rings. The number of hydrogen-bond donors (Lipinski definition) is 1. The van der Waals surface area contributed by atoms with E-state index < -0.39 is 5.97 Å². The number of carbonyl (C=O) groups excluding carboxylic acids is 2. The Kier molecular flexibility index (Phi) is 7.43. The van der Waals surface area contributed by atoms with E-state index in [1.165, 1.54) is 44.1 Å². The first-order valence-electron chi connectivity index (χ1n) is 13.5. The molecule has 204 valence electrons. The molecule has 2 bridgehead atoms. The van der Waals surface area contributed by atoms with Crippen molar-refractivity contribution in [1.29, 1.82) is 0 Å². The molecule has 2 aromatic heterocycles. The Hall–Kier alpha value is -3.57. The monoisotopic (exact) mass is 548 g/mol. The molecule has 3 fully saturated rings. The maximum absolute atomic E-state index is 13.1. The highest BCUT2D eigenvalue weighted by Crippen LogP contribution is 2.38. The molecule has 0 saturated carbocycles. The number of anilines is 2. The van der Waals surface area contributed by atoms with Crippen LogP contribution in [0.5, 0.6) is 6.01 Å². The fraction of sp³-hybridized carbons (Fsp3) is 0.464. The van der Waals surface area contributed by atoms with Crippen molar-refractivity contribution in [3.05, 3.63) is 58.9 Å². The molecule has 5 heterocycles. The van der Waals surface area contributed by atoms with E-state index in [1.807, 2.05) is 12.1 Å². The van der Waals surface area contributed by atoms with Gasteiger partial charge in [0.15, 0.2) is 5.13 Å². The van der Waals surface area contributed by atoms with E-state index in [0.717, 1.165) is 43.2 Å². The summed E-state index contributed by atoms with van der Waals surface area (Å²) in [5.74, 6) is -0.825. The predicted molar refractivity (Wildman–Crippen MR) is 147 cm³/mol. The van der Waals surface area contributed by atoms with Crippen LogP contribution in [0.4, 0.5) is 10.8 Å². The number of esters is 1. The van der Waals surface area contributed by atoms with Gasteiger partial charge in [-0.3, -0.25) is 9.69 Å². The van der Waals surface area contributed by atoms with Crippen molar-refractivity contribution in [2.24, 2.45) is 0 Å². The van der Waals surface area contributed by atoms with Gasteiger partial charge in [0.2, 0.25) is 0 Å². The first-order valence-corrected chi connectivity index (χ1v) is 14.4. The molecule has 39 heavy (non-hydrogen) atoms. The van der Waals surface area contributed by atoms with Crippen LogP contribution in [0.1, 0.15) is 64.9 Å². The fourth-order valence-electron chi connectivity index (χ4n) is 5.93. The van der Waals surface area contributed by atoms with E-state index in [1.54, 1.807) is 29.9 Å². The van der Waals surface area contributed by atoms with E-state index in [9.17, 15) is 9.59 Å². The normalized spacial score (nSPS) is 21.2. The minimum Gasteiger partial charge on any atom is -0.465 e. The van der Waals surface area contributed by atoms with Gasteiger partial charge in [-0.2, -0.15) is 0 Å². The summed E-state index contributed by atoms with van der Waals surface area (Å²) in [7, 11) is 1.36. The Balaban J connectivity index is 1.09. The van der Waals surface area contributed by atoms with Gasteiger partial charge in [-0.25, -0.2) is 19.7 Å². The highest BCUT2D eigenvalue weighted by molar-refractivity contribution is 7.14. The van der Waals surface area contributed by atoms with Crippen LogP contribution in [0, 0.1) is 0 Å². The lowest BCUT2D eigenvalue weighted by atomic mass is 10.0. The second kappa shape index (κ2) is 11.3. The van der Waals surface area contributed by atoms with Crippen LogP contribution < -0.4 is 15.0 Å². The van der Waals surface area contributed by atoms with Gasteiger partial charge < -0.3 is 19.7 Å². The average molecular weight is 549 g/mol. The van der Waals surface area contributed by atoms with Crippen LogP contribution in [-0.4, -0.2) is 70.1 Å². The van der Waals surface area contributed by atoms with Gasteiger partial charge in [0.1, 0.15) is 11.8 Å². The van der Waals surface area contributed by atoms with Crippen molar-refractivity contribution < 1.29 is 19.1 Å². The number of benzene rings is 1. The molecule has 1 amide bonds. The van der Waals surface area contributed by atoms with Gasteiger partial charge in [0.05, 0.1) is 18.4 Å². The number of methoxy groups -OCH3 is 1. The largest absolute Gasteiger partial charge is 0.465 e. The molecule has 1 N–H and O–H groups in total. The number of aromatic nitrogens is 3. The van der Waals surface area contributed by atoms with Crippen molar-refractivity contribution >= 4 is 34.0 Å². The number of thiazole rings is 1. The molecular formula is C28H32N6O4S. The number of hydrogen-bond acceptors (Lipinski definition) is 10. The van der Waals surface area contributed by atoms with Crippen LogP contribution in [0.15, 0.2) is 42.0 Å². The maximum atomic E-state index is 13.1. The Morgan fingerprint density at radius 1 is 1.05 bits per heavy atom. The number of fused-ring (bicyclic) bond motifs is 2. The number of carbonyl (C=O) groups is 2. The Bertz CT molecular complexity index is 1310. The third kappa shape index (κ3) is 5.60. The second-order valence-electron chi connectivity index (χ2n) is 10.3. The number of nitrogens with zero attached hydrogens (tertiary/aromatic N) is 5. The highest BCUT2D eigenvalue weighted by Gasteiger charge is 2.39. The summed E-state index contributed by atoms with van der Waals surface area (Å²) in [6, 6.07) is 9.07. The Morgan fingerprint density at radius 2 is 1.77 bits per heavy atom. The van der Waals surface area contributed by atoms with E-state index in [0.29, 0.717) is 35.0 Å². The first kappa shape index (κ1) is 25.7. The summed E-state index contributed by atoms with van der Waals surface area (Å²) < 4.78 is 10.9. The Morgan fingerprint density at radius 3 is 2.46 bits per heavy atom. The van der Waals surface area contributed by atoms with E-state index in [4.69, 9.17) is 9.47 Å². The summed E-state index contributed by atoms with van der Waals surface area (Å²) in [6.07, 6.45) is 10.0. The summed E-state index contributed by atoms with van der Waals surface area (Å²) in [5.41, 5.74) is 2.15. The number of nitrogens with one attached hydrogen (secondary N) is 1. The standard InChI is InChI=1S/C28H32N6O4S/c1-37-26(36)22-15-18(16-34-19-4-5-20(34)7-6-19)3-8-23(22)31-25(35)24-17-39-28(32-24)33-13-9-21(10-14-33)38-27-29-11-2-12-30-27/h2-3,8,11-12,15,17,19-21H,4-7,9-10,13-14,16H2,1H3,(H,31,35). The summed E-state index contributed by atoms with van der Waals surface area (Å²) in [5, 5.41) is 5.42. The fourth-order valence-corrected chi connectivity index (χ4v) is 6.79. The van der Waals surface area contributed by atoms with E-state index >= 15 is 0 Å². The number of piperidine rings is 1. The first-order chi connectivity index (χ1) is 19.1. The van der Waals surface area contributed by atoms with E-state index in [2.05, 4.69) is 30.1 Å². The van der Waals surface area contributed by atoms with Crippen molar-refractivity contribution in [2.75, 3.05) is 30.4 Å². The minimum atomic E-state index is -0.471. The smallest absolute Gasteiger partial charge is 0.339 e. The molecule has 0 aliphatic carbocycles. The van der Waals surface area contributed by atoms with Gasteiger partial charge in [0.25, 0.3) is 5.91 Å². The quantitative estimate of drug-likeness (QED) is 0.415. The Labute approximate surface area is 231 Å². The van der Waals surface area contributed by atoms with Crippen LogP contribution in [-0.2, 0) is 11.3 Å². The SMILES string of the molecule is COC(=O)c1cc(CN2C3CCC2CC3)ccc1NC(=O)c1csc(N2CCC(Oc3ncccn3)CC2)n1. The van der Waals surface area contributed by atoms with Crippen LogP contribution in [0.2, 0.25) is 0 Å². The van der Waals surface area contributed by atoms with Gasteiger partial charge in [-0.05, 0) is 49.4 Å². The van der Waals surface area contributed by atoms with Gasteiger partial charge in [-0.1, -0.05) is 6.07 Å². The third-order valence-corrected chi connectivity index (χ3v) is 8.86. The van der Waals surface area contributed by atoms with Crippen molar-refractivity contribution in [3.8, 4) is 6.01 Å². The molecule has 0 atom stereocenters. The molecule has 0 radical (unpaired) electrons. The summed E-state index contributed by atoms with van der Waals surface area (Å²) in [6.45, 7) is 2.33. The molecule has 0 spiro atoms. The topological polar surface area (TPSA) is 110 Å². The van der Waals surface area contributed by atoms with Gasteiger partial charge in [-0.15, -0.1) is 11.3 Å². The van der Waals surface area contributed by atoms with Crippen LogP contribution in [0.25, 0.3) is 0 Å². The molecule has 6 rings (SSSR count). The zero-order chi connectivity index (χ0) is 26.8. The highest BCUT2D eigenvalue weighted by atomic mass is 32.1. The second-order valence-corrected chi connectivity index (χ2v) is 11.1. The lowest BCUT2D eigenvalue weighted by molar-refractivity contribution is 0.0601. The molecule has 0 unspecified atom stereocenters. The van der Waals surface area contributed by atoms with Gasteiger partial charge in [0, 0.05) is 62.3 Å². The summed E-state index contributed by atoms with van der Waals surface area (Å²) >= 11 is 1.43. The zero-order valence-electron chi connectivity index (χ0n) is 21.9. The third-order valence-electron chi connectivity index (χ3n) is 7.96. The van der Waals surface area contributed by atoms with Crippen molar-refractivity contribution in [2.45, 2.75) is 63.3 Å². The zero-order valence-corrected chi connectivity index (χ0v) is 22.7. The number of amides is 1. The van der Waals surface area contributed by atoms with E-state index in [-0.39, 0.29) is 12.0 Å². The average Bonchev–Trinajstić information content (AvgIpc) is 3.71. The molecule has 11 heteroatoms. The van der Waals surface area contributed by atoms with Crippen molar-refractivity contribution in [1.82, 2.24) is 19.9 Å². The molecule has 10 nitrogen and oxygen atoms in total. The summed E-state index contributed by atoms with van der Waals surface area (Å²) in [4.78, 5) is 43.3. The van der Waals surface area contributed by atoms with Crippen LogP contribution >= 0.6 is 11.3 Å². The lowest BCUT2D eigenvalue weighted by Crippen LogP contribution is -2.38. The minimum absolute atomic E-state index is 0.0479. The van der Waals surface area contributed by atoms with Crippen LogP contribution in [0.3, 0.4) is 0 Å². The maximum Gasteiger partial charge on any atom is 0.339 e. The molecule has 3 aliphatic heterocycles. The lowest BCUT2D eigenvalue weighted by Gasteiger charge is -2.31. The molecule has 3 aromatic rings. The number of ether oxygens (including phenoxy) is 2. The number of rotatable bonds is 8. The molecular weight excluding hydrogens is 516 g/mol. The van der Waals surface area contributed by atoms with Gasteiger partial charge >= 0.3 is 12.0 Å². The predicted octanol–water partition coefficient (Wildman–Crippen LogP) is 4.15.